The molecule has 0 saturated heterocycles. The summed E-state index contributed by atoms with van der Waals surface area (Å²) in [5.74, 6) is 0.146. The van der Waals surface area contributed by atoms with Gasteiger partial charge in [-0.1, -0.05) is 18.2 Å². The maximum absolute atomic E-state index is 11.7. The standard InChI is InChI=1S/C19H22N2O/c1-13-17-8-9-21(14(2)22)12-16(17)11-19(13)10-15-6-4-5-7-18(15)20(19)3/h4-7,12H,8-11H2,1-3H3. The Kier molecular flexibility index (Phi) is 2.77. The predicted molar refractivity (Wildman–Crippen MR) is 88.7 cm³/mol. The fraction of sp³-hybridized carbons (Fsp3) is 0.421. The number of carbonyl (C=O) groups is 1. The Morgan fingerprint density at radius 3 is 2.73 bits per heavy atom. The Morgan fingerprint density at radius 1 is 1.23 bits per heavy atom. The number of carbonyl (C=O) groups excluding carboxylic acids is 1. The molecule has 2 heterocycles. The first-order valence-corrected chi connectivity index (χ1v) is 8.03. The van der Waals surface area contributed by atoms with Crippen molar-refractivity contribution in [3.05, 3.63) is 52.7 Å². The zero-order valence-electron chi connectivity index (χ0n) is 13.5. The first kappa shape index (κ1) is 13.6. The maximum Gasteiger partial charge on any atom is 0.223 e. The summed E-state index contributed by atoms with van der Waals surface area (Å²) in [7, 11) is 2.22. The topological polar surface area (TPSA) is 23.6 Å². The lowest BCUT2D eigenvalue weighted by Crippen LogP contribution is -2.43. The van der Waals surface area contributed by atoms with Gasteiger partial charge < -0.3 is 9.80 Å². The molecule has 0 aromatic heterocycles. The van der Waals surface area contributed by atoms with Gasteiger partial charge in [0, 0.05) is 45.2 Å². The molecule has 0 N–H and O–H groups in total. The second-order valence-electron chi connectivity index (χ2n) is 6.79. The van der Waals surface area contributed by atoms with Crippen molar-refractivity contribution in [1.29, 1.82) is 0 Å². The van der Waals surface area contributed by atoms with Gasteiger partial charge in [0.25, 0.3) is 0 Å². The number of likely N-dealkylation sites (N-methyl/N-ethyl adjacent to an activating group) is 1. The molecule has 3 aliphatic rings. The number of rotatable bonds is 0. The van der Waals surface area contributed by atoms with Crippen LogP contribution in [0.4, 0.5) is 5.69 Å². The number of benzene rings is 1. The van der Waals surface area contributed by atoms with Gasteiger partial charge in [0.2, 0.25) is 5.91 Å². The van der Waals surface area contributed by atoms with Crippen LogP contribution < -0.4 is 4.90 Å². The lowest BCUT2D eigenvalue weighted by Gasteiger charge is -2.36. The molecule has 0 fully saturated rings. The van der Waals surface area contributed by atoms with Gasteiger partial charge in [-0.3, -0.25) is 4.79 Å². The van der Waals surface area contributed by atoms with Crippen LogP contribution in [-0.2, 0) is 11.2 Å². The molecule has 3 heteroatoms. The smallest absolute Gasteiger partial charge is 0.223 e. The summed E-state index contributed by atoms with van der Waals surface area (Å²) < 4.78 is 0. The number of amides is 1. The van der Waals surface area contributed by atoms with Crippen LogP contribution in [-0.4, -0.2) is 29.9 Å². The Balaban J connectivity index is 1.77. The van der Waals surface area contributed by atoms with Gasteiger partial charge in [-0.15, -0.1) is 0 Å². The highest BCUT2D eigenvalue weighted by Crippen LogP contribution is 2.52. The third-order valence-electron chi connectivity index (χ3n) is 5.82. The SMILES string of the molecule is CC(=O)N1C=C2CC3(Cc4ccccc4N3C)C(C)=C2CC1. The number of para-hydroxylation sites is 1. The van der Waals surface area contributed by atoms with Crippen molar-refractivity contribution in [3.63, 3.8) is 0 Å². The van der Waals surface area contributed by atoms with E-state index in [0.29, 0.717) is 0 Å². The zero-order chi connectivity index (χ0) is 15.5. The fourth-order valence-electron chi connectivity index (χ4n) is 4.50. The zero-order valence-corrected chi connectivity index (χ0v) is 13.5. The molecule has 22 heavy (non-hydrogen) atoms. The average Bonchev–Trinajstić information content (AvgIpc) is 2.95. The highest BCUT2D eigenvalue weighted by molar-refractivity contribution is 5.76. The minimum Gasteiger partial charge on any atom is -0.364 e. The molecule has 0 radical (unpaired) electrons. The summed E-state index contributed by atoms with van der Waals surface area (Å²) in [6, 6.07) is 8.72. The molecule has 114 valence electrons. The summed E-state index contributed by atoms with van der Waals surface area (Å²) in [5.41, 5.74) is 7.21. The fourth-order valence-corrected chi connectivity index (χ4v) is 4.50. The van der Waals surface area contributed by atoms with Crippen LogP contribution in [0.3, 0.4) is 0 Å². The quantitative estimate of drug-likeness (QED) is 0.733. The lowest BCUT2D eigenvalue weighted by molar-refractivity contribution is -0.126. The minimum atomic E-state index is 0.0810. The average molecular weight is 294 g/mol. The van der Waals surface area contributed by atoms with E-state index in [4.69, 9.17) is 0 Å². The van der Waals surface area contributed by atoms with E-state index in [2.05, 4.69) is 49.3 Å². The molecule has 0 saturated carbocycles. The van der Waals surface area contributed by atoms with Crippen LogP contribution in [0, 0.1) is 0 Å². The summed E-state index contributed by atoms with van der Waals surface area (Å²) in [6.07, 6.45) is 5.18. The van der Waals surface area contributed by atoms with Crippen LogP contribution >= 0.6 is 0 Å². The van der Waals surface area contributed by atoms with Gasteiger partial charge >= 0.3 is 0 Å². The summed E-state index contributed by atoms with van der Waals surface area (Å²) in [5, 5.41) is 0. The Bertz CT molecular complexity index is 731. The van der Waals surface area contributed by atoms with Crippen molar-refractivity contribution < 1.29 is 4.79 Å². The normalized spacial score (nSPS) is 26.4. The van der Waals surface area contributed by atoms with Crippen LogP contribution in [0.15, 0.2) is 47.2 Å². The van der Waals surface area contributed by atoms with Gasteiger partial charge in [-0.25, -0.2) is 0 Å². The second-order valence-corrected chi connectivity index (χ2v) is 6.79. The first-order chi connectivity index (χ1) is 10.5. The van der Waals surface area contributed by atoms with Gasteiger partial charge in [-0.05, 0) is 41.7 Å². The van der Waals surface area contributed by atoms with Crippen molar-refractivity contribution in [3.8, 4) is 0 Å². The Labute approximate surface area is 131 Å². The van der Waals surface area contributed by atoms with Crippen LogP contribution in [0.1, 0.15) is 32.3 Å². The van der Waals surface area contributed by atoms with E-state index in [9.17, 15) is 4.79 Å². The first-order valence-electron chi connectivity index (χ1n) is 8.03. The second kappa shape index (κ2) is 4.48. The van der Waals surface area contributed by atoms with Gasteiger partial charge in [0.05, 0.1) is 5.54 Å². The number of fused-ring (bicyclic) bond motifs is 2. The summed E-state index contributed by atoms with van der Waals surface area (Å²) in [6.45, 7) is 4.77. The minimum absolute atomic E-state index is 0.0810. The molecule has 1 atom stereocenters. The largest absolute Gasteiger partial charge is 0.364 e. The Hall–Kier alpha value is -2.03. The molecule has 3 nitrogen and oxygen atoms in total. The lowest BCUT2D eigenvalue weighted by atomic mass is 9.87. The molecular formula is C19H22N2O. The van der Waals surface area contributed by atoms with E-state index in [1.807, 2.05) is 4.90 Å². The van der Waals surface area contributed by atoms with E-state index >= 15 is 0 Å². The number of hydrogen-bond acceptors (Lipinski definition) is 2. The molecular weight excluding hydrogens is 272 g/mol. The van der Waals surface area contributed by atoms with Crippen LogP contribution in [0.2, 0.25) is 0 Å². The molecule has 0 bridgehead atoms. The van der Waals surface area contributed by atoms with Gasteiger partial charge in [-0.2, -0.15) is 0 Å². The third-order valence-corrected chi connectivity index (χ3v) is 5.82. The maximum atomic E-state index is 11.7. The summed E-state index contributed by atoms with van der Waals surface area (Å²) >= 11 is 0. The van der Waals surface area contributed by atoms with Crippen LogP contribution in [0.25, 0.3) is 0 Å². The Morgan fingerprint density at radius 2 is 2.00 bits per heavy atom. The van der Waals surface area contributed by atoms with E-state index in [1.54, 1.807) is 6.92 Å². The van der Waals surface area contributed by atoms with Gasteiger partial charge in [0.15, 0.2) is 0 Å². The summed E-state index contributed by atoms with van der Waals surface area (Å²) in [4.78, 5) is 16.0. The van der Waals surface area contributed by atoms with Crippen molar-refractivity contribution in [2.75, 3.05) is 18.5 Å². The van der Waals surface area contributed by atoms with E-state index in [-0.39, 0.29) is 11.4 Å². The van der Waals surface area contributed by atoms with E-state index < -0.39 is 0 Å². The predicted octanol–water partition coefficient (Wildman–Crippen LogP) is 3.27. The monoisotopic (exact) mass is 294 g/mol. The molecule has 1 unspecified atom stereocenters. The third kappa shape index (κ3) is 1.65. The van der Waals surface area contributed by atoms with E-state index in [0.717, 1.165) is 25.8 Å². The van der Waals surface area contributed by atoms with Crippen molar-refractivity contribution in [2.24, 2.45) is 0 Å². The number of hydrogen-bond donors (Lipinski definition) is 0. The molecule has 2 aliphatic heterocycles. The molecule has 1 spiro atoms. The molecule has 1 aliphatic carbocycles. The van der Waals surface area contributed by atoms with Crippen molar-refractivity contribution in [2.45, 2.75) is 38.6 Å². The number of nitrogens with zero attached hydrogens (tertiary/aromatic N) is 2. The molecule has 1 aromatic carbocycles. The molecule has 1 amide bonds. The van der Waals surface area contributed by atoms with Crippen molar-refractivity contribution in [1.82, 2.24) is 4.90 Å². The van der Waals surface area contributed by atoms with E-state index in [1.165, 1.54) is 28.0 Å². The van der Waals surface area contributed by atoms with Gasteiger partial charge in [0.1, 0.15) is 0 Å². The molecule has 1 aromatic rings. The van der Waals surface area contributed by atoms with Crippen LogP contribution in [0.5, 0.6) is 0 Å². The molecule has 4 rings (SSSR count). The van der Waals surface area contributed by atoms with Crippen molar-refractivity contribution >= 4 is 11.6 Å². The highest BCUT2D eigenvalue weighted by atomic mass is 16.2. The number of anilines is 1. The highest BCUT2D eigenvalue weighted by Gasteiger charge is 2.49.